The first kappa shape index (κ1) is 35.8. The molecule has 0 aliphatic carbocycles. The summed E-state index contributed by atoms with van der Waals surface area (Å²) in [5.41, 5.74) is 15.6. The molecule has 0 saturated carbocycles. The topological polar surface area (TPSA) is 64.7 Å². The molecule has 0 N–H and O–H groups in total. The van der Waals surface area contributed by atoms with Crippen LogP contribution in [0.15, 0.2) is 223 Å². The van der Waals surface area contributed by atoms with E-state index in [9.17, 15) is 0 Å². The van der Waals surface area contributed by atoms with Gasteiger partial charge in [-0.15, -0.1) is 0 Å². The highest BCUT2D eigenvalue weighted by molar-refractivity contribution is 6.07. The van der Waals surface area contributed by atoms with Gasteiger partial charge in [-0.05, 0) is 70.8 Å². The van der Waals surface area contributed by atoms with Crippen molar-refractivity contribution in [2.75, 3.05) is 0 Å². The van der Waals surface area contributed by atoms with Crippen LogP contribution in [0.3, 0.4) is 0 Å². The van der Waals surface area contributed by atoms with Crippen LogP contribution in [-0.2, 0) is 0 Å². The Morgan fingerprint density at radius 3 is 0.869 bits per heavy atom. The molecule has 0 spiro atoms. The number of nitrogens with zero attached hydrogens (tertiary/aromatic N) is 4. The Bertz CT molecular complexity index is 3010. The van der Waals surface area contributed by atoms with E-state index in [0.29, 0.717) is 11.6 Å². The van der Waals surface area contributed by atoms with Crippen LogP contribution in [0.25, 0.3) is 112 Å². The molecule has 8 aromatic carbocycles. The Morgan fingerprint density at radius 2 is 0.525 bits per heavy atom. The monoisotopic (exact) mass is 780 g/mol. The molecule has 0 aliphatic rings. The third-order valence-corrected chi connectivity index (χ3v) is 11.1. The second-order valence-electron chi connectivity index (χ2n) is 15.1. The van der Waals surface area contributed by atoms with Gasteiger partial charge in [0, 0.05) is 44.2 Å². The zero-order valence-corrected chi connectivity index (χ0v) is 33.0. The van der Waals surface area contributed by atoms with Crippen molar-refractivity contribution in [3.63, 3.8) is 0 Å². The van der Waals surface area contributed by atoms with Crippen LogP contribution in [0.2, 0.25) is 0 Å². The minimum Gasteiger partial charge on any atom is -0.456 e. The van der Waals surface area contributed by atoms with Gasteiger partial charge in [0.15, 0.2) is 11.6 Å². The van der Waals surface area contributed by atoms with Gasteiger partial charge in [-0.25, -0.2) is 19.9 Å². The van der Waals surface area contributed by atoms with Gasteiger partial charge < -0.3 is 4.42 Å². The second-order valence-corrected chi connectivity index (χ2v) is 15.1. The molecular formula is C56H36N4O. The molecule has 0 bridgehead atoms. The second kappa shape index (κ2) is 15.5. The summed E-state index contributed by atoms with van der Waals surface area (Å²) in [6.45, 7) is 0. The van der Waals surface area contributed by atoms with Crippen molar-refractivity contribution < 1.29 is 4.42 Å². The minimum atomic E-state index is 0.678. The molecule has 0 fully saturated rings. The summed E-state index contributed by atoms with van der Waals surface area (Å²) in [6.07, 6.45) is 0. The van der Waals surface area contributed by atoms with Crippen molar-refractivity contribution in [1.29, 1.82) is 0 Å². The van der Waals surface area contributed by atoms with Crippen molar-refractivity contribution in [3.8, 4) is 90.1 Å². The molecular weight excluding hydrogens is 745 g/mol. The predicted octanol–water partition coefficient (Wildman–Crippen LogP) is 14.5. The van der Waals surface area contributed by atoms with Gasteiger partial charge in [0.1, 0.15) is 11.2 Å². The molecule has 5 heteroatoms. The first-order chi connectivity index (χ1) is 30.2. The Balaban J connectivity index is 0.962. The van der Waals surface area contributed by atoms with Gasteiger partial charge in [0.25, 0.3) is 0 Å². The lowest BCUT2D eigenvalue weighted by molar-refractivity contribution is 0.669. The molecule has 3 heterocycles. The molecule has 0 amide bonds. The first-order valence-corrected chi connectivity index (χ1v) is 20.4. The minimum absolute atomic E-state index is 0.678. The van der Waals surface area contributed by atoms with E-state index < -0.39 is 0 Å². The van der Waals surface area contributed by atoms with Crippen LogP contribution in [0.4, 0.5) is 0 Å². The number of furan rings is 1. The van der Waals surface area contributed by atoms with E-state index in [-0.39, 0.29) is 0 Å². The lowest BCUT2D eigenvalue weighted by atomic mass is 9.98. The molecule has 0 aliphatic heterocycles. The summed E-state index contributed by atoms with van der Waals surface area (Å²) in [5.74, 6) is 1.36. The van der Waals surface area contributed by atoms with Gasteiger partial charge in [-0.1, -0.05) is 170 Å². The van der Waals surface area contributed by atoms with E-state index in [2.05, 4.69) is 146 Å². The van der Waals surface area contributed by atoms with Crippen molar-refractivity contribution in [2.24, 2.45) is 0 Å². The van der Waals surface area contributed by atoms with E-state index in [1.165, 1.54) is 0 Å². The van der Waals surface area contributed by atoms with Crippen LogP contribution in [0.5, 0.6) is 0 Å². The Kier molecular flexibility index (Phi) is 9.10. The highest BCUT2D eigenvalue weighted by Crippen LogP contribution is 2.37. The van der Waals surface area contributed by atoms with Gasteiger partial charge in [0.2, 0.25) is 0 Å². The molecule has 3 aromatic heterocycles. The molecule has 11 aromatic rings. The van der Waals surface area contributed by atoms with Crippen LogP contribution >= 0.6 is 0 Å². The van der Waals surface area contributed by atoms with E-state index in [4.69, 9.17) is 24.4 Å². The average Bonchev–Trinajstić information content (AvgIpc) is 3.72. The third-order valence-electron chi connectivity index (χ3n) is 11.1. The molecule has 0 radical (unpaired) electrons. The summed E-state index contributed by atoms with van der Waals surface area (Å²) in [7, 11) is 0. The van der Waals surface area contributed by atoms with Gasteiger partial charge in [-0.2, -0.15) is 0 Å². The number of hydrogen-bond acceptors (Lipinski definition) is 5. The van der Waals surface area contributed by atoms with Gasteiger partial charge >= 0.3 is 0 Å². The molecule has 5 nitrogen and oxygen atoms in total. The molecule has 61 heavy (non-hydrogen) atoms. The summed E-state index contributed by atoms with van der Waals surface area (Å²) in [5, 5.41) is 2.10. The van der Waals surface area contributed by atoms with Crippen LogP contribution in [0, 0.1) is 0 Å². The maximum atomic E-state index is 6.40. The number of fused-ring (bicyclic) bond motifs is 3. The molecule has 0 atom stereocenters. The summed E-state index contributed by atoms with van der Waals surface area (Å²) >= 11 is 0. The zero-order chi connectivity index (χ0) is 40.5. The Hall–Kier alpha value is -8.28. The lowest BCUT2D eigenvalue weighted by Crippen LogP contribution is -1.96. The summed E-state index contributed by atoms with van der Waals surface area (Å²) in [6, 6.07) is 75.1. The van der Waals surface area contributed by atoms with Crippen molar-refractivity contribution >= 4 is 21.9 Å². The third kappa shape index (κ3) is 7.15. The SMILES string of the molecule is c1ccc(-c2cc(-c3ccccc3)nc(-c3cccc(-c4ccc5oc6ccc(-c7cccc(-c8nc(-c9ccccc9)cc(-c9ccccc9)n8)c7)cc6c5c4)c3)n2)cc1. The zero-order valence-electron chi connectivity index (χ0n) is 33.0. The highest BCUT2D eigenvalue weighted by Gasteiger charge is 2.15. The van der Waals surface area contributed by atoms with Crippen molar-refractivity contribution in [1.82, 2.24) is 19.9 Å². The Morgan fingerprint density at radius 1 is 0.230 bits per heavy atom. The normalized spacial score (nSPS) is 11.3. The average molecular weight is 781 g/mol. The van der Waals surface area contributed by atoms with Crippen LogP contribution < -0.4 is 0 Å². The fourth-order valence-corrected chi connectivity index (χ4v) is 7.99. The Labute approximate surface area is 353 Å². The van der Waals surface area contributed by atoms with Crippen LogP contribution in [0.1, 0.15) is 0 Å². The van der Waals surface area contributed by atoms with Crippen molar-refractivity contribution in [3.05, 3.63) is 218 Å². The van der Waals surface area contributed by atoms with E-state index in [1.807, 2.05) is 72.8 Å². The standard InChI is InChI=1S/C56H36N4O/c1-5-15-37(16-6-1)49-35-50(38-17-7-2-8-18-38)58-55(57-49)45-25-13-23-41(31-45)43-27-29-53-47(33-43)48-34-44(28-30-54(48)61-53)42-24-14-26-46(32-42)56-59-51(39-19-9-3-10-20-39)36-52(60-56)40-21-11-4-12-22-40/h1-36H. The smallest absolute Gasteiger partial charge is 0.160 e. The summed E-state index contributed by atoms with van der Waals surface area (Å²) < 4.78 is 6.40. The first-order valence-electron chi connectivity index (χ1n) is 20.4. The largest absolute Gasteiger partial charge is 0.456 e. The molecule has 0 saturated heterocycles. The predicted molar refractivity (Wildman–Crippen MR) is 248 cm³/mol. The van der Waals surface area contributed by atoms with Crippen LogP contribution in [-0.4, -0.2) is 19.9 Å². The molecule has 286 valence electrons. The maximum absolute atomic E-state index is 6.40. The fourth-order valence-electron chi connectivity index (χ4n) is 7.99. The number of benzene rings is 8. The quantitative estimate of drug-likeness (QED) is 0.154. The lowest BCUT2D eigenvalue weighted by Gasteiger charge is -2.11. The molecule has 11 rings (SSSR count). The van der Waals surface area contributed by atoms with Gasteiger partial charge in [-0.3, -0.25) is 0 Å². The number of hydrogen-bond donors (Lipinski definition) is 0. The number of rotatable bonds is 8. The maximum Gasteiger partial charge on any atom is 0.160 e. The van der Waals surface area contributed by atoms with E-state index in [1.54, 1.807) is 0 Å². The molecule has 0 unspecified atom stereocenters. The summed E-state index contributed by atoms with van der Waals surface area (Å²) in [4.78, 5) is 20.3. The van der Waals surface area contributed by atoms with E-state index >= 15 is 0 Å². The number of aromatic nitrogens is 4. The van der Waals surface area contributed by atoms with Gasteiger partial charge in [0.05, 0.1) is 22.8 Å². The van der Waals surface area contributed by atoms with E-state index in [0.717, 1.165) is 100 Å². The highest BCUT2D eigenvalue weighted by atomic mass is 16.3. The van der Waals surface area contributed by atoms with Crippen molar-refractivity contribution in [2.45, 2.75) is 0 Å². The fraction of sp³-hybridized carbons (Fsp3) is 0.